The van der Waals surface area contributed by atoms with E-state index >= 15 is 0 Å². The monoisotopic (exact) mass is 334 g/mol. The SMILES string of the molecule is NC1CCCN(C(=O)c2cc(Br)c(Cl)cc2F)C1. The number of halogens is 3. The summed E-state index contributed by atoms with van der Waals surface area (Å²) in [5, 5.41) is 0.249. The molecule has 1 aliphatic rings. The van der Waals surface area contributed by atoms with E-state index in [0.29, 0.717) is 17.6 Å². The van der Waals surface area contributed by atoms with Gasteiger partial charge in [0.05, 0.1) is 10.6 Å². The highest BCUT2D eigenvalue weighted by atomic mass is 79.9. The van der Waals surface area contributed by atoms with Gasteiger partial charge in [-0.05, 0) is 40.9 Å². The molecule has 2 rings (SSSR count). The molecule has 0 bridgehead atoms. The third kappa shape index (κ3) is 2.84. The zero-order valence-corrected chi connectivity index (χ0v) is 12.0. The molecule has 1 unspecified atom stereocenters. The van der Waals surface area contributed by atoms with Gasteiger partial charge in [-0.15, -0.1) is 0 Å². The summed E-state index contributed by atoms with van der Waals surface area (Å²) in [4.78, 5) is 13.8. The number of nitrogens with two attached hydrogens (primary N) is 1. The summed E-state index contributed by atoms with van der Waals surface area (Å²) >= 11 is 8.96. The lowest BCUT2D eigenvalue weighted by Gasteiger charge is -2.31. The van der Waals surface area contributed by atoms with Crippen molar-refractivity contribution >= 4 is 33.4 Å². The number of rotatable bonds is 1. The number of amides is 1. The molecule has 3 nitrogen and oxygen atoms in total. The molecule has 0 aliphatic carbocycles. The van der Waals surface area contributed by atoms with Crippen molar-refractivity contribution < 1.29 is 9.18 Å². The molecule has 0 spiro atoms. The second kappa shape index (κ2) is 5.55. The Morgan fingerprint density at radius 3 is 2.94 bits per heavy atom. The van der Waals surface area contributed by atoms with E-state index in [2.05, 4.69) is 15.9 Å². The van der Waals surface area contributed by atoms with Gasteiger partial charge in [0.15, 0.2) is 0 Å². The van der Waals surface area contributed by atoms with Crippen LogP contribution in [0.1, 0.15) is 23.2 Å². The van der Waals surface area contributed by atoms with Crippen LogP contribution < -0.4 is 5.73 Å². The Balaban J connectivity index is 2.25. The van der Waals surface area contributed by atoms with Gasteiger partial charge in [0.25, 0.3) is 5.91 Å². The maximum atomic E-state index is 13.7. The van der Waals surface area contributed by atoms with Crippen molar-refractivity contribution in [3.63, 3.8) is 0 Å². The van der Waals surface area contributed by atoms with Gasteiger partial charge in [0, 0.05) is 23.6 Å². The molecule has 18 heavy (non-hydrogen) atoms. The largest absolute Gasteiger partial charge is 0.337 e. The number of hydrogen-bond acceptors (Lipinski definition) is 2. The molecule has 1 aromatic rings. The minimum Gasteiger partial charge on any atom is -0.337 e. The topological polar surface area (TPSA) is 46.3 Å². The first-order chi connectivity index (χ1) is 8.49. The minimum absolute atomic E-state index is 0.0264. The fraction of sp³-hybridized carbons (Fsp3) is 0.417. The summed E-state index contributed by atoms with van der Waals surface area (Å²) in [6.45, 7) is 1.09. The van der Waals surface area contributed by atoms with Gasteiger partial charge >= 0.3 is 0 Å². The van der Waals surface area contributed by atoms with E-state index in [9.17, 15) is 9.18 Å². The molecule has 1 amide bonds. The van der Waals surface area contributed by atoms with Gasteiger partial charge in [0.2, 0.25) is 0 Å². The highest BCUT2D eigenvalue weighted by Gasteiger charge is 2.25. The molecule has 0 saturated carbocycles. The van der Waals surface area contributed by atoms with Crippen molar-refractivity contribution in [3.8, 4) is 0 Å². The summed E-state index contributed by atoms with van der Waals surface area (Å²) in [5.41, 5.74) is 5.84. The molecule has 0 radical (unpaired) electrons. The zero-order valence-electron chi connectivity index (χ0n) is 9.63. The Kier molecular flexibility index (Phi) is 4.25. The molecular weight excluding hydrogens is 322 g/mol. The van der Waals surface area contributed by atoms with Crippen molar-refractivity contribution in [1.29, 1.82) is 0 Å². The summed E-state index contributed by atoms with van der Waals surface area (Å²) < 4.78 is 14.3. The zero-order chi connectivity index (χ0) is 13.3. The second-order valence-electron chi connectivity index (χ2n) is 4.40. The molecular formula is C12H13BrClFN2O. The van der Waals surface area contributed by atoms with Crippen molar-refractivity contribution in [2.24, 2.45) is 5.73 Å². The molecule has 1 aromatic carbocycles. The van der Waals surface area contributed by atoms with Crippen LogP contribution in [0, 0.1) is 5.82 Å². The van der Waals surface area contributed by atoms with Crippen LogP contribution in [0.25, 0.3) is 0 Å². The molecule has 98 valence electrons. The Hall–Kier alpha value is -0.650. The standard InChI is InChI=1S/C12H13BrClFN2O/c13-9-4-8(11(15)5-10(9)14)12(18)17-3-1-2-7(16)6-17/h4-5,7H,1-3,6,16H2. The van der Waals surface area contributed by atoms with Crippen molar-refractivity contribution in [2.75, 3.05) is 13.1 Å². The van der Waals surface area contributed by atoms with Gasteiger partial charge in [-0.3, -0.25) is 4.79 Å². The van der Waals surface area contributed by atoms with Gasteiger partial charge in [-0.1, -0.05) is 11.6 Å². The number of piperidine rings is 1. The van der Waals surface area contributed by atoms with Gasteiger partial charge in [0.1, 0.15) is 5.82 Å². The van der Waals surface area contributed by atoms with Crippen LogP contribution in [0.15, 0.2) is 16.6 Å². The van der Waals surface area contributed by atoms with E-state index in [1.165, 1.54) is 6.07 Å². The highest BCUT2D eigenvalue weighted by molar-refractivity contribution is 9.10. The summed E-state index contributed by atoms with van der Waals surface area (Å²) in [5.74, 6) is -0.938. The van der Waals surface area contributed by atoms with Gasteiger partial charge < -0.3 is 10.6 Å². The van der Waals surface area contributed by atoms with Crippen molar-refractivity contribution in [3.05, 3.63) is 33.0 Å². The van der Waals surface area contributed by atoms with Crippen LogP contribution in [-0.4, -0.2) is 29.9 Å². The van der Waals surface area contributed by atoms with Crippen LogP contribution >= 0.6 is 27.5 Å². The number of carbonyl (C=O) groups excluding carboxylic acids is 1. The first-order valence-corrected chi connectivity index (χ1v) is 6.85. The van der Waals surface area contributed by atoms with E-state index in [1.807, 2.05) is 0 Å². The molecule has 0 aromatic heterocycles. The van der Waals surface area contributed by atoms with E-state index < -0.39 is 5.82 Å². The highest BCUT2D eigenvalue weighted by Crippen LogP contribution is 2.26. The van der Waals surface area contributed by atoms with Crippen LogP contribution in [0.5, 0.6) is 0 Å². The number of nitrogens with zero attached hydrogens (tertiary/aromatic N) is 1. The third-order valence-corrected chi connectivity index (χ3v) is 4.18. The average Bonchev–Trinajstić information content (AvgIpc) is 2.33. The lowest BCUT2D eigenvalue weighted by molar-refractivity contribution is 0.0704. The van der Waals surface area contributed by atoms with Crippen LogP contribution in [0.2, 0.25) is 5.02 Å². The van der Waals surface area contributed by atoms with Crippen LogP contribution in [0.3, 0.4) is 0 Å². The molecule has 1 fully saturated rings. The molecule has 2 N–H and O–H groups in total. The maximum absolute atomic E-state index is 13.7. The summed E-state index contributed by atoms with van der Waals surface area (Å²) in [7, 11) is 0. The molecule has 1 heterocycles. The average molecular weight is 336 g/mol. The maximum Gasteiger partial charge on any atom is 0.256 e. The number of benzene rings is 1. The molecule has 1 saturated heterocycles. The first kappa shape index (κ1) is 13.8. The fourth-order valence-corrected chi connectivity index (χ4v) is 2.54. The lowest BCUT2D eigenvalue weighted by Crippen LogP contribution is -2.45. The smallest absolute Gasteiger partial charge is 0.256 e. The predicted octanol–water partition coefficient (Wildman–Crippen LogP) is 2.80. The number of likely N-dealkylation sites (tertiary alicyclic amines) is 1. The predicted molar refractivity (Wildman–Crippen MR) is 72.2 cm³/mol. The van der Waals surface area contributed by atoms with Crippen molar-refractivity contribution in [2.45, 2.75) is 18.9 Å². The van der Waals surface area contributed by atoms with E-state index in [-0.39, 0.29) is 22.5 Å². The number of hydrogen-bond donors (Lipinski definition) is 1. The quantitative estimate of drug-likeness (QED) is 0.802. The Labute approximate surface area is 118 Å². The second-order valence-corrected chi connectivity index (χ2v) is 5.66. The normalized spacial score (nSPS) is 20.0. The number of carbonyl (C=O) groups is 1. The minimum atomic E-state index is -0.604. The molecule has 6 heteroatoms. The Bertz CT molecular complexity index is 483. The summed E-state index contributed by atoms with van der Waals surface area (Å²) in [6.07, 6.45) is 1.75. The van der Waals surface area contributed by atoms with Gasteiger partial charge in [-0.2, -0.15) is 0 Å². The van der Waals surface area contributed by atoms with Gasteiger partial charge in [-0.25, -0.2) is 4.39 Å². The first-order valence-electron chi connectivity index (χ1n) is 5.68. The van der Waals surface area contributed by atoms with Crippen molar-refractivity contribution in [1.82, 2.24) is 4.90 Å². The molecule has 1 atom stereocenters. The summed E-state index contributed by atoms with van der Waals surface area (Å²) in [6, 6.07) is 2.53. The van der Waals surface area contributed by atoms with E-state index in [4.69, 9.17) is 17.3 Å². The third-order valence-electron chi connectivity index (χ3n) is 2.99. The lowest BCUT2D eigenvalue weighted by atomic mass is 10.1. The Morgan fingerprint density at radius 2 is 2.28 bits per heavy atom. The fourth-order valence-electron chi connectivity index (χ4n) is 2.05. The van der Waals surface area contributed by atoms with E-state index in [1.54, 1.807) is 4.90 Å². The molecule has 1 aliphatic heterocycles. The van der Waals surface area contributed by atoms with Crippen LogP contribution in [-0.2, 0) is 0 Å². The van der Waals surface area contributed by atoms with Crippen LogP contribution in [0.4, 0.5) is 4.39 Å². The van der Waals surface area contributed by atoms with E-state index in [0.717, 1.165) is 18.9 Å². The Morgan fingerprint density at radius 1 is 1.56 bits per heavy atom.